The molecule has 0 saturated heterocycles. The van der Waals surface area contributed by atoms with Gasteiger partial charge < -0.3 is 11.1 Å². The van der Waals surface area contributed by atoms with Crippen molar-refractivity contribution in [2.24, 2.45) is 11.7 Å². The van der Waals surface area contributed by atoms with Crippen LogP contribution in [0, 0.1) is 5.92 Å². The van der Waals surface area contributed by atoms with Crippen LogP contribution in [0.15, 0.2) is 24.3 Å². The maximum atomic E-state index is 11.7. The molecule has 1 aromatic rings. The second-order valence-electron chi connectivity index (χ2n) is 4.31. The topological polar surface area (TPSA) is 55.1 Å². The maximum absolute atomic E-state index is 11.7. The van der Waals surface area contributed by atoms with Crippen molar-refractivity contribution in [2.75, 3.05) is 5.32 Å². The first-order valence-corrected chi connectivity index (χ1v) is 5.70. The summed E-state index contributed by atoms with van der Waals surface area (Å²) in [6, 6.07) is 7.38. The van der Waals surface area contributed by atoms with E-state index < -0.39 is 6.04 Å². The standard InChI is InChI=1S/C13H20N2O/c1-4-10-5-7-11(8-6-10)15-13(16)12(14)9(2)3/h5-9,12H,4,14H2,1-3H3,(H,15,16)/t12-/m1/s1. The summed E-state index contributed by atoms with van der Waals surface area (Å²) in [5.74, 6) is 0.0224. The van der Waals surface area contributed by atoms with E-state index in [2.05, 4.69) is 12.2 Å². The first-order chi connectivity index (χ1) is 7.54. The van der Waals surface area contributed by atoms with Crippen LogP contribution in [0.5, 0.6) is 0 Å². The molecule has 88 valence electrons. The van der Waals surface area contributed by atoms with Gasteiger partial charge in [0.25, 0.3) is 0 Å². The molecule has 1 atom stereocenters. The summed E-state index contributed by atoms with van der Waals surface area (Å²) < 4.78 is 0. The van der Waals surface area contributed by atoms with Gasteiger partial charge in [0.15, 0.2) is 0 Å². The highest BCUT2D eigenvalue weighted by Gasteiger charge is 2.16. The van der Waals surface area contributed by atoms with E-state index in [1.807, 2.05) is 38.1 Å². The van der Waals surface area contributed by atoms with Gasteiger partial charge in [0, 0.05) is 5.69 Å². The Morgan fingerprint density at radius 3 is 2.31 bits per heavy atom. The van der Waals surface area contributed by atoms with Gasteiger partial charge >= 0.3 is 0 Å². The van der Waals surface area contributed by atoms with Crippen LogP contribution in [0.3, 0.4) is 0 Å². The summed E-state index contributed by atoms with van der Waals surface area (Å²) in [5, 5.41) is 2.81. The molecule has 0 radical (unpaired) electrons. The van der Waals surface area contributed by atoms with E-state index in [-0.39, 0.29) is 11.8 Å². The van der Waals surface area contributed by atoms with Gasteiger partial charge in [0.2, 0.25) is 5.91 Å². The summed E-state index contributed by atoms with van der Waals surface area (Å²) in [7, 11) is 0. The lowest BCUT2D eigenvalue weighted by Crippen LogP contribution is -2.39. The van der Waals surface area contributed by atoms with Crippen LogP contribution in [-0.4, -0.2) is 11.9 Å². The smallest absolute Gasteiger partial charge is 0.241 e. The third-order valence-corrected chi connectivity index (χ3v) is 2.65. The Morgan fingerprint density at radius 2 is 1.88 bits per heavy atom. The van der Waals surface area contributed by atoms with Crippen molar-refractivity contribution in [2.45, 2.75) is 33.2 Å². The minimum Gasteiger partial charge on any atom is -0.325 e. The van der Waals surface area contributed by atoms with Crippen LogP contribution < -0.4 is 11.1 Å². The molecule has 0 bridgehead atoms. The molecule has 0 fully saturated rings. The highest BCUT2D eigenvalue weighted by atomic mass is 16.2. The number of amides is 1. The molecule has 0 saturated carbocycles. The van der Waals surface area contributed by atoms with Crippen molar-refractivity contribution in [1.29, 1.82) is 0 Å². The van der Waals surface area contributed by atoms with E-state index in [1.165, 1.54) is 5.56 Å². The highest BCUT2D eigenvalue weighted by molar-refractivity contribution is 5.94. The summed E-state index contributed by atoms with van der Waals surface area (Å²) in [6.45, 7) is 5.97. The Labute approximate surface area is 97.0 Å². The Bertz CT molecular complexity index is 343. The number of nitrogens with two attached hydrogens (primary N) is 1. The maximum Gasteiger partial charge on any atom is 0.241 e. The fraction of sp³-hybridized carbons (Fsp3) is 0.462. The van der Waals surface area contributed by atoms with Gasteiger partial charge in [0.05, 0.1) is 6.04 Å². The quantitative estimate of drug-likeness (QED) is 0.817. The Morgan fingerprint density at radius 1 is 1.31 bits per heavy atom. The van der Waals surface area contributed by atoms with Gasteiger partial charge in [-0.25, -0.2) is 0 Å². The molecule has 1 amide bonds. The van der Waals surface area contributed by atoms with Crippen molar-refractivity contribution in [3.63, 3.8) is 0 Å². The minimum atomic E-state index is -0.453. The second-order valence-corrected chi connectivity index (χ2v) is 4.31. The van der Waals surface area contributed by atoms with E-state index in [0.717, 1.165) is 12.1 Å². The molecule has 0 aliphatic carbocycles. The number of anilines is 1. The molecule has 0 unspecified atom stereocenters. The number of carbonyl (C=O) groups is 1. The van der Waals surface area contributed by atoms with Crippen LogP contribution in [0.1, 0.15) is 26.3 Å². The van der Waals surface area contributed by atoms with E-state index >= 15 is 0 Å². The lowest BCUT2D eigenvalue weighted by atomic mass is 10.0. The highest BCUT2D eigenvalue weighted by Crippen LogP contribution is 2.11. The number of rotatable bonds is 4. The fourth-order valence-electron chi connectivity index (χ4n) is 1.35. The van der Waals surface area contributed by atoms with Crippen molar-refractivity contribution < 1.29 is 4.79 Å². The van der Waals surface area contributed by atoms with Crippen LogP contribution in [0.4, 0.5) is 5.69 Å². The Balaban J connectivity index is 2.62. The molecule has 0 aliphatic rings. The van der Waals surface area contributed by atoms with Gasteiger partial charge in [-0.2, -0.15) is 0 Å². The van der Waals surface area contributed by atoms with Crippen LogP contribution >= 0.6 is 0 Å². The summed E-state index contributed by atoms with van der Waals surface area (Å²) in [4.78, 5) is 11.7. The molecule has 1 rings (SSSR count). The van der Waals surface area contributed by atoms with E-state index in [4.69, 9.17) is 5.73 Å². The molecule has 3 N–H and O–H groups in total. The number of hydrogen-bond acceptors (Lipinski definition) is 2. The van der Waals surface area contributed by atoms with Crippen LogP contribution in [-0.2, 0) is 11.2 Å². The Hall–Kier alpha value is -1.35. The zero-order valence-electron chi connectivity index (χ0n) is 10.2. The fourth-order valence-corrected chi connectivity index (χ4v) is 1.35. The average Bonchev–Trinajstić information content (AvgIpc) is 2.28. The van der Waals surface area contributed by atoms with Gasteiger partial charge in [-0.15, -0.1) is 0 Å². The third-order valence-electron chi connectivity index (χ3n) is 2.65. The van der Waals surface area contributed by atoms with E-state index in [1.54, 1.807) is 0 Å². The first-order valence-electron chi connectivity index (χ1n) is 5.70. The van der Waals surface area contributed by atoms with Crippen molar-refractivity contribution in [3.05, 3.63) is 29.8 Å². The van der Waals surface area contributed by atoms with Crippen LogP contribution in [0.2, 0.25) is 0 Å². The summed E-state index contributed by atoms with van der Waals surface area (Å²) >= 11 is 0. The molecular weight excluding hydrogens is 200 g/mol. The molecule has 1 aromatic carbocycles. The number of hydrogen-bond donors (Lipinski definition) is 2. The number of nitrogens with one attached hydrogen (secondary N) is 1. The zero-order chi connectivity index (χ0) is 12.1. The van der Waals surface area contributed by atoms with Gasteiger partial charge in [-0.05, 0) is 30.0 Å². The van der Waals surface area contributed by atoms with Crippen molar-refractivity contribution >= 4 is 11.6 Å². The molecule has 3 heteroatoms. The first kappa shape index (κ1) is 12.7. The molecular formula is C13H20N2O. The van der Waals surface area contributed by atoms with Crippen LogP contribution in [0.25, 0.3) is 0 Å². The zero-order valence-corrected chi connectivity index (χ0v) is 10.2. The second kappa shape index (κ2) is 5.66. The SMILES string of the molecule is CCc1ccc(NC(=O)[C@H](N)C(C)C)cc1. The summed E-state index contributed by atoms with van der Waals surface area (Å²) in [5.41, 5.74) is 7.81. The molecule has 0 aromatic heterocycles. The van der Waals surface area contributed by atoms with Crippen molar-refractivity contribution in [1.82, 2.24) is 0 Å². The minimum absolute atomic E-state index is 0.126. The molecule has 0 aliphatic heterocycles. The predicted octanol–water partition coefficient (Wildman–Crippen LogP) is 2.17. The van der Waals surface area contributed by atoms with Gasteiger partial charge in [-0.1, -0.05) is 32.9 Å². The largest absolute Gasteiger partial charge is 0.325 e. The van der Waals surface area contributed by atoms with E-state index in [0.29, 0.717) is 0 Å². The third kappa shape index (κ3) is 3.35. The lowest BCUT2D eigenvalue weighted by molar-refractivity contribution is -0.118. The van der Waals surface area contributed by atoms with Gasteiger partial charge in [-0.3, -0.25) is 4.79 Å². The number of carbonyl (C=O) groups excluding carboxylic acids is 1. The van der Waals surface area contributed by atoms with Crippen molar-refractivity contribution in [3.8, 4) is 0 Å². The molecule has 0 heterocycles. The normalized spacial score (nSPS) is 12.6. The summed E-state index contributed by atoms with van der Waals surface area (Å²) in [6.07, 6.45) is 1.000. The van der Waals surface area contributed by atoms with E-state index in [9.17, 15) is 4.79 Å². The lowest BCUT2D eigenvalue weighted by Gasteiger charge is -2.15. The number of aryl methyl sites for hydroxylation is 1. The number of benzene rings is 1. The monoisotopic (exact) mass is 220 g/mol. The van der Waals surface area contributed by atoms with Gasteiger partial charge in [0.1, 0.15) is 0 Å². The molecule has 3 nitrogen and oxygen atoms in total. The molecule has 0 spiro atoms. The molecule has 16 heavy (non-hydrogen) atoms. The average molecular weight is 220 g/mol. The predicted molar refractivity (Wildman–Crippen MR) is 67.3 cm³/mol. The Kier molecular flexibility index (Phi) is 4.50.